The summed E-state index contributed by atoms with van der Waals surface area (Å²) in [4.78, 5) is 10.5. The molecule has 0 aromatic heterocycles. The van der Waals surface area contributed by atoms with Gasteiger partial charge < -0.3 is 15.9 Å². The van der Waals surface area contributed by atoms with Crippen molar-refractivity contribution in [1.82, 2.24) is 0 Å². The molecule has 0 bridgehead atoms. The van der Waals surface area contributed by atoms with E-state index < -0.39 is 24.5 Å². The van der Waals surface area contributed by atoms with Crippen molar-refractivity contribution in [1.29, 1.82) is 0 Å². The Morgan fingerprint density at radius 1 is 1.05 bits per heavy atom. The topological polar surface area (TPSA) is 83.6 Å². The number of carbonyl (C=O) groups is 1. The highest BCUT2D eigenvalue weighted by Gasteiger charge is 2.20. The van der Waals surface area contributed by atoms with Crippen molar-refractivity contribution >= 4 is 5.97 Å². The maximum absolute atomic E-state index is 11.8. The van der Waals surface area contributed by atoms with Gasteiger partial charge >= 0.3 is 5.97 Å². The number of halogens is 2. The van der Waals surface area contributed by atoms with Crippen molar-refractivity contribution in [2.45, 2.75) is 69.9 Å². The van der Waals surface area contributed by atoms with E-state index in [-0.39, 0.29) is 6.42 Å². The first-order chi connectivity index (χ1) is 9.45. The zero-order chi connectivity index (χ0) is 15.4. The summed E-state index contributed by atoms with van der Waals surface area (Å²) in [6.45, 7) is 0. The van der Waals surface area contributed by atoms with Gasteiger partial charge in [-0.1, -0.05) is 25.0 Å². The van der Waals surface area contributed by atoms with E-state index in [9.17, 15) is 18.7 Å². The Labute approximate surface area is 118 Å². The van der Waals surface area contributed by atoms with Crippen LogP contribution in [0.25, 0.3) is 0 Å². The zero-order valence-corrected chi connectivity index (χ0v) is 11.7. The first kappa shape index (κ1) is 19.0. The Bertz CT molecular complexity index is 286. The van der Waals surface area contributed by atoms with Gasteiger partial charge in [-0.05, 0) is 32.1 Å². The number of nitrogens with two attached hydrogens (primary N) is 1. The molecule has 0 aromatic rings. The average Bonchev–Trinajstić information content (AvgIpc) is 2.39. The summed E-state index contributed by atoms with van der Waals surface area (Å²) >= 11 is 0. The number of alkyl halides is 2. The Balaban J connectivity index is 3.42. The van der Waals surface area contributed by atoms with Crippen LogP contribution >= 0.6 is 0 Å². The summed E-state index contributed by atoms with van der Waals surface area (Å²) < 4.78 is 23.7. The molecule has 0 aromatic carbocycles. The fourth-order valence-corrected chi connectivity index (χ4v) is 1.76. The summed E-state index contributed by atoms with van der Waals surface area (Å²) in [5.74, 6) is -1.20. The second kappa shape index (κ2) is 11.8. The second-order valence-electron chi connectivity index (χ2n) is 4.86. The Morgan fingerprint density at radius 3 is 2.25 bits per heavy atom. The maximum Gasteiger partial charge on any atom is 0.323 e. The van der Waals surface area contributed by atoms with Crippen molar-refractivity contribution in [3.8, 4) is 0 Å². The monoisotopic (exact) mass is 293 g/mol. The molecule has 0 fully saturated rings. The lowest BCUT2D eigenvalue weighted by Gasteiger charge is -2.13. The number of carboxylic acid groups (broad SMARTS) is 1. The van der Waals surface area contributed by atoms with Gasteiger partial charge in [0, 0.05) is 6.42 Å². The molecule has 6 heteroatoms. The van der Waals surface area contributed by atoms with Crippen molar-refractivity contribution in [2.24, 2.45) is 5.73 Å². The molecule has 0 saturated carbocycles. The van der Waals surface area contributed by atoms with Gasteiger partial charge in [-0.25, -0.2) is 8.78 Å². The van der Waals surface area contributed by atoms with E-state index in [1.54, 1.807) is 0 Å². The standard InChI is InChI=1S/C14H25F2NO3/c15-12(16)10-8-6-4-2-1-3-5-7-9-11(18)13(17)14(19)20/h3,5,11-13,18H,1-2,4,6-10,17H2,(H,19,20)/b5-3+/t11-,13?/m0/s1. The molecule has 1 unspecified atom stereocenters. The smallest absolute Gasteiger partial charge is 0.323 e. The minimum absolute atomic E-state index is 0.0163. The number of allylic oxidation sites excluding steroid dienone is 2. The van der Waals surface area contributed by atoms with Crippen molar-refractivity contribution in [3.63, 3.8) is 0 Å². The SMILES string of the molecule is NC(C(=O)O)[C@@H](O)CC/C=C/CCCCCCC(F)F. The zero-order valence-electron chi connectivity index (χ0n) is 11.7. The number of aliphatic hydroxyl groups is 1. The van der Waals surface area contributed by atoms with E-state index in [0.717, 1.165) is 25.7 Å². The molecule has 0 amide bonds. The molecular formula is C14H25F2NO3. The molecule has 4 nitrogen and oxygen atoms in total. The minimum atomic E-state index is -2.20. The molecule has 0 radical (unpaired) electrons. The number of aliphatic hydroxyl groups excluding tert-OH is 1. The van der Waals surface area contributed by atoms with Gasteiger partial charge in [0.2, 0.25) is 6.43 Å². The van der Waals surface area contributed by atoms with Crippen LogP contribution in [-0.2, 0) is 4.79 Å². The molecule has 0 saturated heterocycles. The molecule has 0 aliphatic carbocycles. The van der Waals surface area contributed by atoms with Gasteiger partial charge in [0.05, 0.1) is 6.10 Å². The third kappa shape index (κ3) is 10.9. The third-order valence-electron chi connectivity index (χ3n) is 3.04. The Kier molecular flexibility index (Phi) is 11.2. The normalized spacial score (nSPS) is 14.8. The molecule has 2 atom stereocenters. The predicted molar refractivity (Wildman–Crippen MR) is 73.7 cm³/mol. The van der Waals surface area contributed by atoms with Gasteiger partial charge in [-0.2, -0.15) is 0 Å². The number of aliphatic carboxylic acids is 1. The fourth-order valence-electron chi connectivity index (χ4n) is 1.76. The number of rotatable bonds is 12. The van der Waals surface area contributed by atoms with Crippen LogP contribution in [0.5, 0.6) is 0 Å². The lowest BCUT2D eigenvalue weighted by Crippen LogP contribution is -2.41. The van der Waals surface area contributed by atoms with E-state index in [2.05, 4.69) is 0 Å². The number of unbranched alkanes of at least 4 members (excludes halogenated alkanes) is 4. The number of hydrogen-bond acceptors (Lipinski definition) is 3. The van der Waals surface area contributed by atoms with Crippen LogP contribution in [0.2, 0.25) is 0 Å². The predicted octanol–water partition coefficient (Wildman–Crippen LogP) is 2.70. The molecule has 20 heavy (non-hydrogen) atoms. The molecule has 118 valence electrons. The molecule has 0 spiro atoms. The van der Waals surface area contributed by atoms with Crippen LogP contribution < -0.4 is 5.73 Å². The van der Waals surface area contributed by atoms with E-state index in [1.807, 2.05) is 12.2 Å². The summed E-state index contributed by atoms with van der Waals surface area (Å²) in [5, 5.41) is 18.0. The lowest BCUT2D eigenvalue weighted by molar-refractivity contribution is -0.141. The molecule has 0 rings (SSSR count). The molecule has 4 N–H and O–H groups in total. The summed E-state index contributed by atoms with van der Waals surface area (Å²) in [7, 11) is 0. The van der Waals surface area contributed by atoms with E-state index >= 15 is 0 Å². The van der Waals surface area contributed by atoms with Crippen LogP contribution in [0.15, 0.2) is 12.2 Å². The van der Waals surface area contributed by atoms with Gasteiger partial charge in [0.25, 0.3) is 0 Å². The van der Waals surface area contributed by atoms with Gasteiger partial charge in [0.15, 0.2) is 0 Å². The van der Waals surface area contributed by atoms with Crippen molar-refractivity contribution in [2.75, 3.05) is 0 Å². The molecule has 0 aliphatic heterocycles. The third-order valence-corrected chi connectivity index (χ3v) is 3.04. The number of hydrogen-bond donors (Lipinski definition) is 3. The van der Waals surface area contributed by atoms with Crippen LogP contribution in [0.3, 0.4) is 0 Å². The fraction of sp³-hybridized carbons (Fsp3) is 0.786. The van der Waals surface area contributed by atoms with Crippen molar-refractivity contribution in [3.05, 3.63) is 12.2 Å². The van der Waals surface area contributed by atoms with E-state index in [1.165, 1.54) is 0 Å². The number of carboxylic acids is 1. The highest BCUT2D eigenvalue weighted by Crippen LogP contribution is 2.10. The van der Waals surface area contributed by atoms with Gasteiger partial charge in [-0.3, -0.25) is 4.79 Å². The van der Waals surface area contributed by atoms with Crippen LogP contribution in [0.4, 0.5) is 8.78 Å². The Morgan fingerprint density at radius 2 is 1.65 bits per heavy atom. The Hall–Kier alpha value is -1.01. The first-order valence-electron chi connectivity index (χ1n) is 7.04. The van der Waals surface area contributed by atoms with Crippen LogP contribution in [0.1, 0.15) is 51.4 Å². The summed E-state index contributed by atoms with van der Waals surface area (Å²) in [6, 6.07) is -1.24. The van der Waals surface area contributed by atoms with E-state index in [0.29, 0.717) is 19.3 Å². The molecule has 0 aliphatic rings. The van der Waals surface area contributed by atoms with Crippen LogP contribution in [0, 0.1) is 0 Å². The highest BCUT2D eigenvalue weighted by atomic mass is 19.3. The average molecular weight is 293 g/mol. The largest absolute Gasteiger partial charge is 0.480 e. The lowest BCUT2D eigenvalue weighted by atomic mass is 10.1. The van der Waals surface area contributed by atoms with Crippen LogP contribution in [-0.4, -0.2) is 34.8 Å². The highest BCUT2D eigenvalue weighted by molar-refractivity contribution is 5.73. The first-order valence-corrected chi connectivity index (χ1v) is 7.04. The molecular weight excluding hydrogens is 268 g/mol. The quantitative estimate of drug-likeness (QED) is 0.381. The molecule has 0 heterocycles. The van der Waals surface area contributed by atoms with Crippen molar-refractivity contribution < 1.29 is 23.8 Å². The summed E-state index contributed by atoms with van der Waals surface area (Å²) in [5.41, 5.74) is 5.26. The van der Waals surface area contributed by atoms with Gasteiger partial charge in [0.1, 0.15) is 6.04 Å². The second-order valence-corrected chi connectivity index (χ2v) is 4.86. The van der Waals surface area contributed by atoms with E-state index in [4.69, 9.17) is 10.8 Å². The maximum atomic E-state index is 11.8. The van der Waals surface area contributed by atoms with Gasteiger partial charge in [-0.15, -0.1) is 0 Å². The minimum Gasteiger partial charge on any atom is -0.480 e. The summed E-state index contributed by atoms with van der Waals surface area (Å²) in [6.07, 6.45) is 5.65.